The Kier molecular flexibility index (Phi) is 4.04. The van der Waals surface area contributed by atoms with E-state index in [1.54, 1.807) is 22.9 Å². The largest absolute Gasteiger partial charge is 0.328 e. The molecule has 1 aliphatic heterocycles. The van der Waals surface area contributed by atoms with Gasteiger partial charge in [0.25, 0.3) is 0 Å². The Bertz CT molecular complexity index is 964. The molecule has 2 aromatic heterocycles. The minimum Gasteiger partial charge on any atom is -0.328 e. The van der Waals surface area contributed by atoms with Crippen molar-refractivity contribution in [3.63, 3.8) is 0 Å². The SMILES string of the molecule is C=C1Nc2nc(C)nn2[C@@H](c2cccs2)[C@@H]1C(=O)Nc1ccc(F)cc1. The molecular formula is C18H16FN5OS. The van der Waals surface area contributed by atoms with E-state index in [4.69, 9.17) is 0 Å². The smallest absolute Gasteiger partial charge is 0.235 e. The zero-order valence-corrected chi connectivity index (χ0v) is 14.8. The number of thiophene rings is 1. The van der Waals surface area contributed by atoms with Crippen molar-refractivity contribution in [2.75, 3.05) is 10.6 Å². The minimum atomic E-state index is -0.590. The van der Waals surface area contributed by atoms with Crippen LogP contribution in [0.5, 0.6) is 0 Å². The van der Waals surface area contributed by atoms with Crippen molar-refractivity contribution >= 4 is 28.9 Å². The molecular weight excluding hydrogens is 353 g/mol. The van der Waals surface area contributed by atoms with Gasteiger partial charge in [-0.3, -0.25) is 4.79 Å². The molecule has 4 rings (SSSR count). The van der Waals surface area contributed by atoms with E-state index in [-0.39, 0.29) is 17.8 Å². The third-order valence-electron chi connectivity index (χ3n) is 4.19. The highest BCUT2D eigenvalue weighted by atomic mass is 32.1. The van der Waals surface area contributed by atoms with Crippen LogP contribution >= 0.6 is 11.3 Å². The monoisotopic (exact) mass is 369 g/mol. The van der Waals surface area contributed by atoms with E-state index in [1.165, 1.54) is 24.3 Å². The highest BCUT2D eigenvalue weighted by Gasteiger charge is 2.40. The van der Waals surface area contributed by atoms with Crippen molar-refractivity contribution in [1.29, 1.82) is 0 Å². The predicted molar refractivity (Wildman–Crippen MR) is 98.5 cm³/mol. The second kappa shape index (κ2) is 6.38. The summed E-state index contributed by atoms with van der Waals surface area (Å²) in [6.45, 7) is 5.83. The summed E-state index contributed by atoms with van der Waals surface area (Å²) in [5, 5.41) is 12.3. The molecule has 0 saturated heterocycles. The summed E-state index contributed by atoms with van der Waals surface area (Å²) < 4.78 is 14.8. The zero-order valence-electron chi connectivity index (χ0n) is 13.9. The summed E-state index contributed by atoms with van der Waals surface area (Å²) >= 11 is 1.55. The fraction of sp³-hybridized carbons (Fsp3) is 0.167. The average molecular weight is 369 g/mol. The molecule has 132 valence electrons. The van der Waals surface area contributed by atoms with Crippen LogP contribution in [0.1, 0.15) is 16.7 Å². The molecule has 0 saturated carbocycles. The number of rotatable bonds is 3. The van der Waals surface area contributed by atoms with Gasteiger partial charge in [-0.05, 0) is 42.6 Å². The summed E-state index contributed by atoms with van der Waals surface area (Å²) in [5.74, 6) is -0.0114. The van der Waals surface area contributed by atoms with Crippen molar-refractivity contribution in [3.05, 3.63) is 70.6 Å². The summed E-state index contributed by atoms with van der Waals surface area (Å²) in [4.78, 5) is 18.4. The van der Waals surface area contributed by atoms with Crippen LogP contribution in [0.3, 0.4) is 0 Å². The quantitative estimate of drug-likeness (QED) is 0.740. The fourth-order valence-corrected chi connectivity index (χ4v) is 3.91. The first kappa shape index (κ1) is 16.5. The molecule has 8 heteroatoms. The van der Waals surface area contributed by atoms with E-state index in [2.05, 4.69) is 27.3 Å². The van der Waals surface area contributed by atoms with Gasteiger partial charge in [0, 0.05) is 16.3 Å². The number of fused-ring (bicyclic) bond motifs is 1. The third kappa shape index (κ3) is 2.88. The molecule has 1 aromatic carbocycles. The second-order valence-electron chi connectivity index (χ2n) is 6.01. The predicted octanol–water partition coefficient (Wildman–Crippen LogP) is 3.57. The number of hydrogen-bond donors (Lipinski definition) is 2. The molecule has 26 heavy (non-hydrogen) atoms. The maximum atomic E-state index is 13.1. The minimum absolute atomic E-state index is 0.244. The Morgan fingerprint density at radius 3 is 2.81 bits per heavy atom. The number of nitrogens with zero attached hydrogens (tertiary/aromatic N) is 3. The lowest BCUT2D eigenvalue weighted by molar-refractivity contribution is -0.119. The maximum absolute atomic E-state index is 13.1. The van der Waals surface area contributed by atoms with Crippen LogP contribution in [0, 0.1) is 18.7 Å². The number of anilines is 2. The molecule has 2 atom stereocenters. The van der Waals surface area contributed by atoms with Crippen LogP contribution in [0.15, 0.2) is 54.1 Å². The first-order valence-electron chi connectivity index (χ1n) is 8.02. The normalized spacial score (nSPS) is 18.9. The number of benzene rings is 1. The van der Waals surface area contributed by atoms with Gasteiger partial charge in [-0.25, -0.2) is 9.07 Å². The fourth-order valence-electron chi connectivity index (χ4n) is 3.06. The zero-order chi connectivity index (χ0) is 18.3. The Labute approximate surface area is 153 Å². The molecule has 0 bridgehead atoms. The van der Waals surface area contributed by atoms with Crippen molar-refractivity contribution in [3.8, 4) is 0 Å². The lowest BCUT2D eigenvalue weighted by Crippen LogP contribution is -2.39. The summed E-state index contributed by atoms with van der Waals surface area (Å²) in [6, 6.07) is 9.21. The maximum Gasteiger partial charge on any atom is 0.235 e. The van der Waals surface area contributed by atoms with E-state index in [1.807, 2.05) is 17.5 Å². The number of hydrogen-bond acceptors (Lipinski definition) is 5. The average Bonchev–Trinajstić information content (AvgIpc) is 3.24. The molecule has 0 radical (unpaired) electrons. The van der Waals surface area contributed by atoms with Gasteiger partial charge in [0.1, 0.15) is 23.6 Å². The Balaban J connectivity index is 1.71. The topological polar surface area (TPSA) is 71.8 Å². The van der Waals surface area contributed by atoms with E-state index in [9.17, 15) is 9.18 Å². The number of aryl methyl sites for hydroxylation is 1. The van der Waals surface area contributed by atoms with Crippen LogP contribution < -0.4 is 10.6 Å². The Morgan fingerprint density at radius 1 is 1.35 bits per heavy atom. The Hall–Kier alpha value is -3.00. The molecule has 3 aromatic rings. The molecule has 1 aliphatic rings. The molecule has 2 N–H and O–H groups in total. The lowest BCUT2D eigenvalue weighted by Gasteiger charge is -2.32. The number of carbonyl (C=O) groups excluding carboxylic acids is 1. The van der Waals surface area contributed by atoms with Crippen LogP contribution in [-0.2, 0) is 4.79 Å². The van der Waals surface area contributed by atoms with Crippen LogP contribution in [-0.4, -0.2) is 20.7 Å². The van der Waals surface area contributed by atoms with Gasteiger partial charge < -0.3 is 10.6 Å². The first-order valence-corrected chi connectivity index (χ1v) is 8.89. The molecule has 0 spiro atoms. The first-order chi connectivity index (χ1) is 12.5. The van der Waals surface area contributed by atoms with Gasteiger partial charge in [-0.1, -0.05) is 12.6 Å². The number of nitrogens with one attached hydrogen (secondary N) is 2. The highest BCUT2D eigenvalue weighted by Crippen LogP contribution is 2.39. The van der Waals surface area contributed by atoms with Gasteiger partial charge >= 0.3 is 0 Å². The van der Waals surface area contributed by atoms with Crippen molar-refractivity contribution in [2.24, 2.45) is 5.92 Å². The molecule has 6 nitrogen and oxygen atoms in total. The summed E-state index contributed by atoms with van der Waals surface area (Å²) in [5.41, 5.74) is 1.07. The van der Waals surface area contributed by atoms with Crippen molar-refractivity contribution in [2.45, 2.75) is 13.0 Å². The molecule has 1 amide bonds. The summed E-state index contributed by atoms with van der Waals surface area (Å²) in [6.07, 6.45) is 0. The molecule has 0 unspecified atom stereocenters. The highest BCUT2D eigenvalue weighted by molar-refractivity contribution is 7.10. The van der Waals surface area contributed by atoms with E-state index in [0.717, 1.165) is 4.88 Å². The van der Waals surface area contributed by atoms with Crippen LogP contribution in [0.2, 0.25) is 0 Å². The van der Waals surface area contributed by atoms with Gasteiger partial charge in [0.2, 0.25) is 11.9 Å². The number of amides is 1. The number of aromatic nitrogens is 3. The van der Waals surface area contributed by atoms with E-state index in [0.29, 0.717) is 23.2 Å². The van der Waals surface area contributed by atoms with E-state index >= 15 is 0 Å². The summed E-state index contributed by atoms with van der Waals surface area (Å²) in [7, 11) is 0. The van der Waals surface area contributed by atoms with Gasteiger partial charge in [-0.15, -0.1) is 11.3 Å². The lowest BCUT2D eigenvalue weighted by atomic mass is 9.92. The van der Waals surface area contributed by atoms with Crippen LogP contribution in [0.4, 0.5) is 16.0 Å². The van der Waals surface area contributed by atoms with Crippen molar-refractivity contribution < 1.29 is 9.18 Å². The van der Waals surface area contributed by atoms with Gasteiger partial charge in [0.05, 0.1) is 0 Å². The van der Waals surface area contributed by atoms with Gasteiger partial charge in [0.15, 0.2) is 0 Å². The standard InChI is InChI=1S/C18H16FN5OS/c1-10-15(17(25)22-13-7-5-12(19)6-8-13)16(14-4-3-9-26-14)24-18(20-10)21-11(2)23-24/h3-9,15-16H,1H2,2H3,(H,22,25)(H,20,21,23)/t15-,16+/m1/s1. The van der Waals surface area contributed by atoms with Gasteiger partial charge in [-0.2, -0.15) is 10.1 Å². The molecule has 3 heterocycles. The van der Waals surface area contributed by atoms with Crippen LogP contribution in [0.25, 0.3) is 0 Å². The Morgan fingerprint density at radius 2 is 2.12 bits per heavy atom. The van der Waals surface area contributed by atoms with Crippen molar-refractivity contribution in [1.82, 2.24) is 14.8 Å². The number of halogens is 1. The molecule has 0 fully saturated rings. The number of carbonyl (C=O) groups is 1. The van der Waals surface area contributed by atoms with E-state index < -0.39 is 5.92 Å². The third-order valence-corrected chi connectivity index (χ3v) is 5.14. The second-order valence-corrected chi connectivity index (χ2v) is 6.99. The molecule has 0 aliphatic carbocycles.